The quantitative estimate of drug-likeness (QED) is 0.196. The lowest BCUT2D eigenvalue weighted by Crippen LogP contribution is -2.49. The van der Waals surface area contributed by atoms with Crippen molar-refractivity contribution in [3.8, 4) is 11.6 Å². The third-order valence-electron chi connectivity index (χ3n) is 6.93. The minimum absolute atomic E-state index is 0. The number of urea groups is 1. The van der Waals surface area contributed by atoms with E-state index in [1.165, 1.54) is 6.07 Å². The average Bonchev–Trinajstić information content (AvgIpc) is 2.97. The number of anilines is 3. The van der Waals surface area contributed by atoms with Crippen LogP contribution in [0.3, 0.4) is 0 Å². The first kappa shape index (κ1) is 35.5. The summed E-state index contributed by atoms with van der Waals surface area (Å²) < 4.78 is 58.5. The van der Waals surface area contributed by atoms with Gasteiger partial charge in [0.1, 0.15) is 17.4 Å². The van der Waals surface area contributed by atoms with E-state index in [0.29, 0.717) is 42.4 Å². The number of rotatable bonds is 9. The van der Waals surface area contributed by atoms with Gasteiger partial charge in [-0.3, -0.25) is 14.5 Å². The van der Waals surface area contributed by atoms with E-state index in [1.54, 1.807) is 41.4 Å². The Kier molecular flexibility index (Phi) is 12.5. The summed E-state index contributed by atoms with van der Waals surface area (Å²) in [4.78, 5) is 21.7. The van der Waals surface area contributed by atoms with Gasteiger partial charge in [-0.1, -0.05) is 24.3 Å². The van der Waals surface area contributed by atoms with Gasteiger partial charge in [0, 0.05) is 55.4 Å². The molecule has 2 heterocycles. The molecule has 5 rings (SSSR count). The Hall–Kier alpha value is -3.97. The zero-order valence-electron chi connectivity index (χ0n) is 24.2. The molecule has 0 aliphatic carbocycles. The molecule has 1 aromatic heterocycles. The SMILES string of the molecule is CS(=O)(=O)Nc1ccc(Oc2ccc(CN3CCC(N(C(=O)Nc4ccc(F)cc4F)c4ccccc4)CC3)cn2)cc1.Cl.Cl. The fourth-order valence-corrected chi connectivity index (χ4v) is 5.50. The zero-order valence-corrected chi connectivity index (χ0v) is 26.7. The molecule has 2 amide bonds. The van der Waals surface area contributed by atoms with Crippen molar-refractivity contribution in [2.45, 2.75) is 25.4 Å². The number of pyridine rings is 1. The van der Waals surface area contributed by atoms with Crippen molar-refractivity contribution in [2.75, 3.05) is 34.3 Å². The van der Waals surface area contributed by atoms with Gasteiger partial charge in [0.2, 0.25) is 15.9 Å². The molecule has 4 aromatic rings. The second kappa shape index (κ2) is 15.8. The van der Waals surface area contributed by atoms with Gasteiger partial charge >= 0.3 is 6.03 Å². The predicted octanol–water partition coefficient (Wildman–Crippen LogP) is 7.07. The lowest BCUT2D eigenvalue weighted by Gasteiger charge is -2.38. The number of piperidine rings is 1. The van der Waals surface area contributed by atoms with E-state index in [9.17, 15) is 22.0 Å². The number of carbonyl (C=O) groups is 1. The van der Waals surface area contributed by atoms with Crippen LogP contribution in [0.5, 0.6) is 11.6 Å². The summed E-state index contributed by atoms with van der Waals surface area (Å²) in [6.45, 7) is 2.14. The summed E-state index contributed by atoms with van der Waals surface area (Å²) in [5.41, 5.74) is 2.06. The molecule has 1 aliphatic heterocycles. The standard InChI is InChI=1S/C31H31F2N5O4S.2ClH/c1-43(40,41)36-24-9-11-27(12-10-24)42-30-14-7-22(20-34-30)21-37-17-15-26(16-18-37)38(25-5-3-2-4-6-25)31(39)35-29-13-8-23(32)19-28(29)33;;/h2-14,19-20,26,36H,15-18,21H2,1H3,(H,35,39);2*1H. The molecular weight excluding hydrogens is 647 g/mol. The van der Waals surface area contributed by atoms with Crippen molar-refractivity contribution in [3.63, 3.8) is 0 Å². The smallest absolute Gasteiger partial charge is 0.326 e. The number of hydrogen-bond acceptors (Lipinski definition) is 6. The topological polar surface area (TPSA) is 104 Å². The molecule has 0 saturated carbocycles. The lowest BCUT2D eigenvalue weighted by molar-refractivity contribution is 0.199. The van der Waals surface area contributed by atoms with Crippen molar-refractivity contribution in [3.05, 3.63) is 108 Å². The van der Waals surface area contributed by atoms with Crippen molar-refractivity contribution >= 4 is 57.9 Å². The van der Waals surface area contributed by atoms with Crippen LogP contribution in [-0.4, -0.2) is 49.7 Å². The third kappa shape index (κ3) is 10.0. The molecule has 0 atom stereocenters. The second-order valence-corrected chi connectivity index (χ2v) is 12.0. The molecule has 0 unspecified atom stereocenters. The third-order valence-corrected chi connectivity index (χ3v) is 7.54. The maximum atomic E-state index is 14.3. The molecule has 14 heteroatoms. The first-order valence-electron chi connectivity index (χ1n) is 13.7. The fourth-order valence-electron chi connectivity index (χ4n) is 4.93. The number of carbonyl (C=O) groups excluding carboxylic acids is 1. The Morgan fingerprint density at radius 3 is 2.27 bits per heavy atom. The van der Waals surface area contributed by atoms with Gasteiger partial charge in [0.05, 0.1) is 11.9 Å². The average molecular weight is 681 g/mol. The normalized spacial score (nSPS) is 13.6. The molecular formula is C31H33Cl2F2N5O4S. The number of para-hydroxylation sites is 1. The Morgan fingerprint density at radius 2 is 1.67 bits per heavy atom. The molecule has 1 saturated heterocycles. The highest BCUT2D eigenvalue weighted by Crippen LogP contribution is 2.27. The van der Waals surface area contributed by atoms with Crippen LogP contribution >= 0.6 is 24.8 Å². The van der Waals surface area contributed by atoms with E-state index in [0.717, 1.165) is 37.0 Å². The highest BCUT2D eigenvalue weighted by atomic mass is 35.5. The van der Waals surface area contributed by atoms with Crippen molar-refractivity contribution in [2.24, 2.45) is 0 Å². The summed E-state index contributed by atoms with van der Waals surface area (Å²) in [6, 6.07) is 21.9. The van der Waals surface area contributed by atoms with E-state index >= 15 is 0 Å². The van der Waals surface area contributed by atoms with E-state index in [2.05, 4.69) is 19.9 Å². The van der Waals surface area contributed by atoms with Gasteiger partial charge in [-0.15, -0.1) is 24.8 Å². The van der Waals surface area contributed by atoms with Gasteiger partial charge in [0.25, 0.3) is 0 Å². The number of likely N-dealkylation sites (tertiary alicyclic amines) is 1. The van der Waals surface area contributed by atoms with E-state index in [-0.39, 0.29) is 36.5 Å². The van der Waals surface area contributed by atoms with Crippen LogP contribution in [0, 0.1) is 11.6 Å². The molecule has 0 bridgehead atoms. The van der Waals surface area contributed by atoms with Gasteiger partial charge in [-0.05, 0) is 66.9 Å². The Labute approximate surface area is 273 Å². The Morgan fingerprint density at radius 1 is 0.978 bits per heavy atom. The van der Waals surface area contributed by atoms with Crippen LogP contribution in [-0.2, 0) is 16.6 Å². The number of aromatic nitrogens is 1. The van der Waals surface area contributed by atoms with E-state index in [4.69, 9.17) is 4.74 Å². The number of amides is 2. The van der Waals surface area contributed by atoms with Crippen LogP contribution < -0.4 is 19.7 Å². The van der Waals surface area contributed by atoms with Gasteiger partial charge in [0.15, 0.2) is 0 Å². The van der Waals surface area contributed by atoms with Crippen molar-refractivity contribution in [1.29, 1.82) is 0 Å². The van der Waals surface area contributed by atoms with Crippen LogP contribution in [0.25, 0.3) is 0 Å². The Bertz CT molecular complexity index is 1660. The summed E-state index contributed by atoms with van der Waals surface area (Å²) in [5, 5.41) is 2.60. The number of sulfonamides is 1. The van der Waals surface area contributed by atoms with Crippen LogP contribution in [0.1, 0.15) is 18.4 Å². The summed E-state index contributed by atoms with van der Waals surface area (Å²) in [7, 11) is -3.35. The summed E-state index contributed by atoms with van der Waals surface area (Å²) >= 11 is 0. The minimum atomic E-state index is -3.35. The minimum Gasteiger partial charge on any atom is -0.439 e. The van der Waals surface area contributed by atoms with Gasteiger partial charge in [-0.25, -0.2) is 27.0 Å². The maximum Gasteiger partial charge on any atom is 0.326 e. The number of benzene rings is 3. The zero-order chi connectivity index (χ0) is 30.4. The van der Waals surface area contributed by atoms with E-state index < -0.39 is 27.7 Å². The maximum absolute atomic E-state index is 14.3. The molecule has 240 valence electrons. The Balaban J connectivity index is 0.00000276. The number of hydrogen-bond donors (Lipinski definition) is 2. The number of halogens is 4. The molecule has 1 fully saturated rings. The highest BCUT2D eigenvalue weighted by Gasteiger charge is 2.30. The van der Waals surface area contributed by atoms with Gasteiger partial charge in [-0.2, -0.15) is 0 Å². The predicted molar refractivity (Wildman–Crippen MR) is 176 cm³/mol. The largest absolute Gasteiger partial charge is 0.439 e. The molecule has 3 aromatic carbocycles. The highest BCUT2D eigenvalue weighted by molar-refractivity contribution is 7.92. The van der Waals surface area contributed by atoms with Gasteiger partial charge < -0.3 is 10.1 Å². The summed E-state index contributed by atoms with van der Waals surface area (Å²) in [5.74, 6) is -0.610. The molecule has 2 N–H and O–H groups in total. The number of nitrogens with one attached hydrogen (secondary N) is 2. The number of ether oxygens (including phenoxy) is 1. The van der Waals surface area contributed by atoms with Crippen molar-refractivity contribution < 1.29 is 26.7 Å². The lowest BCUT2D eigenvalue weighted by atomic mass is 10.0. The molecule has 9 nitrogen and oxygen atoms in total. The van der Waals surface area contributed by atoms with Crippen LogP contribution in [0.2, 0.25) is 0 Å². The second-order valence-electron chi connectivity index (χ2n) is 10.3. The first-order valence-corrected chi connectivity index (χ1v) is 15.6. The van der Waals surface area contributed by atoms with Crippen LogP contribution in [0.15, 0.2) is 91.1 Å². The molecule has 0 spiro atoms. The first-order chi connectivity index (χ1) is 20.6. The fraction of sp³-hybridized carbons (Fsp3) is 0.226. The van der Waals surface area contributed by atoms with E-state index in [1.807, 2.05) is 36.4 Å². The number of nitrogens with zero attached hydrogens (tertiary/aromatic N) is 3. The van der Waals surface area contributed by atoms with Crippen molar-refractivity contribution in [1.82, 2.24) is 9.88 Å². The molecule has 45 heavy (non-hydrogen) atoms. The summed E-state index contributed by atoms with van der Waals surface area (Å²) in [6.07, 6.45) is 4.24. The monoisotopic (exact) mass is 679 g/mol. The molecule has 0 radical (unpaired) electrons. The molecule has 1 aliphatic rings. The van der Waals surface area contributed by atoms with Crippen LogP contribution in [0.4, 0.5) is 30.6 Å².